The highest BCUT2D eigenvalue weighted by Crippen LogP contribution is 2.37. The van der Waals surface area contributed by atoms with Crippen LogP contribution in [0.5, 0.6) is 5.75 Å². The van der Waals surface area contributed by atoms with Crippen molar-refractivity contribution in [1.29, 1.82) is 0 Å². The van der Waals surface area contributed by atoms with Gasteiger partial charge >= 0.3 is 0 Å². The van der Waals surface area contributed by atoms with Crippen LogP contribution in [0.15, 0.2) is 17.5 Å². The van der Waals surface area contributed by atoms with Gasteiger partial charge in [0.15, 0.2) is 0 Å². The molecule has 1 heterocycles. The molecule has 0 amide bonds. The van der Waals surface area contributed by atoms with Gasteiger partial charge in [0.05, 0.1) is 18.4 Å². The molecule has 4 heteroatoms. The summed E-state index contributed by atoms with van der Waals surface area (Å²) in [6.07, 6.45) is 0. The van der Waals surface area contributed by atoms with E-state index < -0.39 is 0 Å². The molecule has 2 aromatic rings. The van der Waals surface area contributed by atoms with Crippen molar-refractivity contribution in [3.63, 3.8) is 0 Å². The van der Waals surface area contributed by atoms with Crippen LogP contribution >= 0.6 is 11.3 Å². The van der Waals surface area contributed by atoms with Gasteiger partial charge in [-0.15, -0.1) is 11.3 Å². The maximum absolute atomic E-state index is 9.15. The summed E-state index contributed by atoms with van der Waals surface area (Å²) >= 11 is 1.53. The Hall–Kier alpha value is -1.26. The minimum absolute atomic E-state index is 0.0137. The Bertz CT molecular complexity index is 464. The van der Waals surface area contributed by atoms with Crippen LogP contribution in [0, 0.1) is 0 Å². The van der Waals surface area contributed by atoms with Crippen LogP contribution in [0.2, 0.25) is 0 Å². The zero-order valence-electron chi connectivity index (χ0n) is 7.78. The molecule has 14 heavy (non-hydrogen) atoms. The van der Waals surface area contributed by atoms with Gasteiger partial charge in [-0.25, -0.2) is 0 Å². The third-order valence-electron chi connectivity index (χ3n) is 2.18. The van der Waals surface area contributed by atoms with Gasteiger partial charge in [-0.05, 0) is 23.1 Å². The second-order valence-electron chi connectivity index (χ2n) is 2.98. The molecule has 0 spiro atoms. The van der Waals surface area contributed by atoms with E-state index in [2.05, 4.69) is 0 Å². The molecule has 3 N–H and O–H groups in total. The van der Waals surface area contributed by atoms with Crippen molar-refractivity contribution < 1.29 is 9.84 Å². The second kappa shape index (κ2) is 3.48. The summed E-state index contributed by atoms with van der Waals surface area (Å²) in [7, 11) is 1.61. The molecule has 1 aromatic heterocycles. The fraction of sp³-hybridized carbons (Fsp3) is 0.200. The van der Waals surface area contributed by atoms with Crippen molar-refractivity contribution >= 4 is 27.1 Å². The lowest BCUT2D eigenvalue weighted by Crippen LogP contribution is -1.90. The minimum atomic E-state index is 0.0137. The van der Waals surface area contributed by atoms with E-state index in [0.29, 0.717) is 0 Å². The van der Waals surface area contributed by atoms with Crippen LogP contribution < -0.4 is 10.5 Å². The van der Waals surface area contributed by atoms with Crippen LogP contribution in [0.25, 0.3) is 10.1 Å². The lowest BCUT2D eigenvalue weighted by atomic mass is 10.1. The van der Waals surface area contributed by atoms with Crippen LogP contribution in [0.1, 0.15) is 5.56 Å². The van der Waals surface area contributed by atoms with E-state index in [9.17, 15) is 0 Å². The average molecular weight is 209 g/mol. The molecule has 3 nitrogen and oxygen atoms in total. The van der Waals surface area contributed by atoms with Crippen LogP contribution in [0.3, 0.4) is 0 Å². The van der Waals surface area contributed by atoms with Crippen LogP contribution in [-0.4, -0.2) is 12.2 Å². The Kier molecular flexibility index (Phi) is 2.31. The first-order chi connectivity index (χ1) is 6.77. The third kappa shape index (κ3) is 1.23. The molecular formula is C10H11NO2S. The van der Waals surface area contributed by atoms with Gasteiger partial charge in [0, 0.05) is 11.1 Å². The standard InChI is InChI=1S/C10H11NO2S/c1-13-8-3-2-7(11)10-9(8)6(4-12)5-14-10/h2-3,5,12H,4,11H2,1H3. The first-order valence-corrected chi connectivity index (χ1v) is 5.09. The zero-order valence-corrected chi connectivity index (χ0v) is 8.60. The number of aliphatic hydroxyl groups excluding tert-OH is 1. The Morgan fingerprint density at radius 2 is 2.29 bits per heavy atom. The molecule has 0 aliphatic carbocycles. The zero-order chi connectivity index (χ0) is 10.1. The first-order valence-electron chi connectivity index (χ1n) is 4.21. The van der Waals surface area contributed by atoms with E-state index in [1.54, 1.807) is 7.11 Å². The van der Waals surface area contributed by atoms with Gasteiger partial charge in [0.2, 0.25) is 0 Å². The lowest BCUT2D eigenvalue weighted by molar-refractivity contribution is 0.283. The van der Waals surface area contributed by atoms with E-state index >= 15 is 0 Å². The third-order valence-corrected chi connectivity index (χ3v) is 3.26. The van der Waals surface area contributed by atoms with E-state index in [4.69, 9.17) is 15.6 Å². The highest BCUT2D eigenvalue weighted by atomic mass is 32.1. The molecule has 0 aliphatic rings. The van der Waals surface area contributed by atoms with E-state index in [-0.39, 0.29) is 6.61 Å². The van der Waals surface area contributed by atoms with Crippen molar-refractivity contribution in [2.24, 2.45) is 0 Å². The molecule has 1 aromatic carbocycles. The van der Waals surface area contributed by atoms with Crippen molar-refractivity contribution in [3.05, 3.63) is 23.1 Å². The van der Waals surface area contributed by atoms with Crippen LogP contribution in [0.4, 0.5) is 5.69 Å². The second-order valence-corrected chi connectivity index (χ2v) is 3.86. The Balaban J connectivity index is 2.82. The van der Waals surface area contributed by atoms with Crippen molar-refractivity contribution in [3.8, 4) is 5.75 Å². The van der Waals surface area contributed by atoms with E-state index in [1.807, 2.05) is 17.5 Å². The largest absolute Gasteiger partial charge is 0.496 e. The van der Waals surface area contributed by atoms with Gasteiger partial charge < -0.3 is 15.6 Å². The van der Waals surface area contributed by atoms with Gasteiger partial charge in [0.1, 0.15) is 5.75 Å². The molecule has 0 aliphatic heterocycles. The van der Waals surface area contributed by atoms with Gasteiger partial charge in [0.25, 0.3) is 0 Å². The maximum Gasteiger partial charge on any atom is 0.128 e. The topological polar surface area (TPSA) is 55.5 Å². The molecule has 0 bridgehead atoms. The number of ether oxygens (including phenoxy) is 1. The Morgan fingerprint density at radius 1 is 1.50 bits per heavy atom. The first kappa shape index (κ1) is 9.30. The number of thiophene rings is 1. The summed E-state index contributed by atoms with van der Waals surface area (Å²) in [5.74, 6) is 0.763. The number of methoxy groups -OCH3 is 1. The van der Waals surface area contributed by atoms with Crippen LogP contribution in [-0.2, 0) is 6.61 Å². The quantitative estimate of drug-likeness (QED) is 0.744. The fourth-order valence-electron chi connectivity index (χ4n) is 1.49. The van der Waals surface area contributed by atoms with E-state index in [0.717, 1.165) is 27.1 Å². The number of nitrogens with two attached hydrogens (primary N) is 1. The van der Waals surface area contributed by atoms with Gasteiger partial charge in [-0.1, -0.05) is 0 Å². The highest BCUT2D eigenvalue weighted by molar-refractivity contribution is 7.18. The number of nitrogen functional groups attached to an aromatic ring is 1. The van der Waals surface area contributed by atoms with Gasteiger partial charge in [-0.3, -0.25) is 0 Å². The van der Waals surface area contributed by atoms with Crippen molar-refractivity contribution in [2.75, 3.05) is 12.8 Å². The predicted octanol–water partition coefficient (Wildman–Crippen LogP) is 1.98. The molecule has 0 radical (unpaired) electrons. The molecule has 0 saturated heterocycles. The number of hydrogen-bond donors (Lipinski definition) is 2. The number of fused-ring (bicyclic) bond motifs is 1. The molecule has 0 fully saturated rings. The molecular weight excluding hydrogens is 198 g/mol. The Morgan fingerprint density at radius 3 is 2.93 bits per heavy atom. The summed E-state index contributed by atoms with van der Waals surface area (Å²) < 4.78 is 6.20. The molecule has 0 unspecified atom stereocenters. The molecule has 0 saturated carbocycles. The number of rotatable bonds is 2. The van der Waals surface area contributed by atoms with Crippen molar-refractivity contribution in [2.45, 2.75) is 6.61 Å². The number of anilines is 1. The molecule has 0 atom stereocenters. The number of hydrogen-bond acceptors (Lipinski definition) is 4. The summed E-state index contributed by atoms with van der Waals surface area (Å²) in [5.41, 5.74) is 7.42. The average Bonchev–Trinajstić information content (AvgIpc) is 2.63. The summed E-state index contributed by atoms with van der Waals surface area (Å²) in [6.45, 7) is 0.0137. The number of aliphatic hydroxyl groups is 1. The number of benzene rings is 1. The summed E-state index contributed by atoms with van der Waals surface area (Å²) in [6, 6.07) is 3.64. The molecule has 74 valence electrons. The monoisotopic (exact) mass is 209 g/mol. The maximum atomic E-state index is 9.15. The highest BCUT2D eigenvalue weighted by Gasteiger charge is 2.10. The fourth-order valence-corrected chi connectivity index (χ4v) is 2.49. The normalized spacial score (nSPS) is 10.7. The summed E-state index contributed by atoms with van der Waals surface area (Å²) in [4.78, 5) is 0. The lowest BCUT2D eigenvalue weighted by Gasteiger charge is -2.04. The smallest absolute Gasteiger partial charge is 0.128 e. The predicted molar refractivity (Wildman–Crippen MR) is 58.7 cm³/mol. The van der Waals surface area contributed by atoms with E-state index in [1.165, 1.54) is 11.3 Å². The SMILES string of the molecule is COc1ccc(N)c2scc(CO)c12. The van der Waals surface area contributed by atoms with Crippen molar-refractivity contribution in [1.82, 2.24) is 0 Å². The minimum Gasteiger partial charge on any atom is -0.496 e. The molecule has 2 rings (SSSR count). The summed E-state index contributed by atoms with van der Waals surface area (Å²) in [5, 5.41) is 12.0. The Labute approximate surface area is 85.7 Å². The van der Waals surface area contributed by atoms with Gasteiger partial charge in [-0.2, -0.15) is 0 Å².